The molecule has 5 nitrogen and oxygen atoms in total. The van der Waals surface area contributed by atoms with Crippen molar-refractivity contribution in [3.05, 3.63) is 71.3 Å². The van der Waals surface area contributed by atoms with E-state index in [-0.39, 0.29) is 23.8 Å². The second-order valence-corrected chi connectivity index (χ2v) is 9.48. The molecule has 0 bridgehead atoms. The number of ketones is 1. The Labute approximate surface area is 193 Å². The summed E-state index contributed by atoms with van der Waals surface area (Å²) in [4.78, 5) is 13.5. The topological polar surface area (TPSA) is 71.3 Å². The fraction of sp³-hybridized carbons (Fsp3) is 0.286. The third kappa shape index (κ3) is 3.62. The van der Waals surface area contributed by atoms with Crippen LogP contribution in [0.1, 0.15) is 43.9 Å². The van der Waals surface area contributed by atoms with Gasteiger partial charge in [-0.2, -0.15) is 5.26 Å². The third-order valence-electron chi connectivity index (χ3n) is 6.55. The highest BCUT2D eigenvalue weighted by Gasteiger charge is 2.41. The predicted octanol–water partition coefficient (Wildman–Crippen LogP) is 6.06. The molecule has 0 amide bonds. The third-order valence-corrected chi connectivity index (χ3v) is 6.55. The maximum Gasteiger partial charge on any atom is 0.174 e. The summed E-state index contributed by atoms with van der Waals surface area (Å²) in [5.41, 5.74) is 4.98. The normalized spacial score (nSPS) is 18.7. The average molecular weight is 439 g/mol. The summed E-state index contributed by atoms with van der Waals surface area (Å²) in [5, 5.41) is 14.8. The first-order valence-corrected chi connectivity index (χ1v) is 11.1. The lowest BCUT2D eigenvalue weighted by atomic mass is 9.68. The molecule has 3 aromatic carbocycles. The van der Waals surface area contributed by atoms with Crippen molar-refractivity contribution in [1.82, 2.24) is 0 Å². The van der Waals surface area contributed by atoms with E-state index in [0.717, 1.165) is 39.8 Å². The number of Topliss-reactive ketones (excluding diaryl/α,β-unsaturated/α-hetero) is 1. The predicted molar refractivity (Wildman–Crippen MR) is 129 cm³/mol. The Bertz CT molecular complexity index is 1350. The fourth-order valence-electron chi connectivity index (χ4n) is 5.18. The second kappa shape index (κ2) is 7.97. The molecule has 0 saturated carbocycles. The minimum Gasteiger partial charge on any atom is -0.493 e. The van der Waals surface area contributed by atoms with E-state index in [4.69, 9.17) is 14.7 Å². The highest BCUT2D eigenvalue weighted by molar-refractivity contribution is 6.12. The number of fused-ring (bicyclic) bond motifs is 4. The van der Waals surface area contributed by atoms with Crippen LogP contribution in [-0.2, 0) is 4.79 Å². The summed E-state index contributed by atoms with van der Waals surface area (Å²) in [6.07, 6.45) is 1.36. The first-order valence-electron chi connectivity index (χ1n) is 11.1. The molecular formula is C28H26N2O3. The van der Waals surface area contributed by atoms with Crippen LogP contribution in [0.15, 0.2) is 60.2 Å². The number of ether oxygens (including phenoxy) is 2. The molecule has 0 aromatic heterocycles. The summed E-state index contributed by atoms with van der Waals surface area (Å²) in [6.45, 7) is 4.28. The van der Waals surface area contributed by atoms with Crippen LogP contribution in [0.2, 0.25) is 0 Å². The number of methoxy groups -OCH3 is 1. The van der Waals surface area contributed by atoms with Crippen LogP contribution in [0.4, 0.5) is 5.69 Å². The Morgan fingerprint density at radius 2 is 1.91 bits per heavy atom. The van der Waals surface area contributed by atoms with Gasteiger partial charge in [0.25, 0.3) is 0 Å². The van der Waals surface area contributed by atoms with Crippen molar-refractivity contribution < 1.29 is 14.3 Å². The number of nitrogens with one attached hydrogen (secondary N) is 1. The summed E-state index contributed by atoms with van der Waals surface area (Å²) in [5.74, 6) is 1.23. The van der Waals surface area contributed by atoms with Gasteiger partial charge in [0.1, 0.15) is 6.07 Å². The zero-order valence-electron chi connectivity index (χ0n) is 19.1. The second-order valence-electron chi connectivity index (χ2n) is 9.48. The van der Waals surface area contributed by atoms with Crippen LogP contribution in [0, 0.1) is 16.7 Å². The Morgan fingerprint density at radius 3 is 2.70 bits per heavy atom. The highest BCUT2D eigenvalue weighted by atomic mass is 16.5. The molecule has 0 spiro atoms. The molecule has 166 valence electrons. The summed E-state index contributed by atoms with van der Waals surface area (Å²) in [6, 6.07) is 19.9. The zero-order valence-corrected chi connectivity index (χ0v) is 19.1. The number of hydrogen-bond donors (Lipinski definition) is 1. The van der Waals surface area contributed by atoms with Gasteiger partial charge in [0, 0.05) is 23.2 Å². The van der Waals surface area contributed by atoms with Gasteiger partial charge in [-0.05, 0) is 51.9 Å². The van der Waals surface area contributed by atoms with Crippen LogP contribution < -0.4 is 14.8 Å². The van der Waals surface area contributed by atoms with E-state index in [2.05, 4.69) is 49.5 Å². The number of carbonyl (C=O) groups excluding carboxylic acids is 1. The van der Waals surface area contributed by atoms with Crippen molar-refractivity contribution in [3.8, 4) is 17.6 Å². The van der Waals surface area contributed by atoms with Gasteiger partial charge in [-0.25, -0.2) is 0 Å². The maximum absolute atomic E-state index is 13.5. The molecular weight excluding hydrogens is 412 g/mol. The average Bonchev–Trinajstić information content (AvgIpc) is 2.80. The zero-order chi connectivity index (χ0) is 23.2. The largest absolute Gasteiger partial charge is 0.493 e. The van der Waals surface area contributed by atoms with E-state index in [9.17, 15) is 4.79 Å². The van der Waals surface area contributed by atoms with Crippen LogP contribution in [-0.4, -0.2) is 19.5 Å². The van der Waals surface area contributed by atoms with Crippen molar-refractivity contribution >= 4 is 27.8 Å². The van der Waals surface area contributed by atoms with Crippen molar-refractivity contribution in [2.45, 2.75) is 32.7 Å². The van der Waals surface area contributed by atoms with Gasteiger partial charge in [-0.1, -0.05) is 50.2 Å². The summed E-state index contributed by atoms with van der Waals surface area (Å²) >= 11 is 0. The molecule has 2 aliphatic rings. The lowest BCUT2D eigenvalue weighted by molar-refractivity contribution is -0.118. The molecule has 1 N–H and O–H groups in total. The first kappa shape index (κ1) is 21.1. The number of nitriles is 1. The standard InChI is InChI=1S/C28H26N2O3/c1-28(2)15-20-25-19-7-5-4-6-17(19)8-10-21(25)30-27(26(20)22(31)16-28)18-9-11-23(33-13-12-29)24(14-18)32-3/h4-11,14,27,30H,13,15-16H2,1-3H3. The Hall–Kier alpha value is -3.78. The number of carbonyl (C=O) groups is 1. The molecule has 1 heterocycles. The van der Waals surface area contributed by atoms with Gasteiger partial charge in [0.2, 0.25) is 0 Å². The van der Waals surface area contributed by atoms with E-state index in [1.165, 1.54) is 5.39 Å². The Kier molecular flexibility index (Phi) is 5.09. The van der Waals surface area contributed by atoms with E-state index < -0.39 is 0 Å². The Morgan fingerprint density at radius 1 is 1.09 bits per heavy atom. The monoisotopic (exact) mass is 438 g/mol. The molecule has 5 rings (SSSR count). The van der Waals surface area contributed by atoms with Crippen molar-refractivity contribution in [2.24, 2.45) is 5.41 Å². The lowest BCUT2D eigenvalue weighted by Crippen LogP contribution is -2.33. The van der Waals surface area contributed by atoms with E-state index >= 15 is 0 Å². The van der Waals surface area contributed by atoms with E-state index in [1.807, 2.05) is 24.3 Å². The maximum atomic E-state index is 13.5. The number of nitrogens with zero attached hydrogens (tertiary/aromatic N) is 1. The van der Waals surface area contributed by atoms with Gasteiger partial charge < -0.3 is 14.8 Å². The molecule has 0 radical (unpaired) electrons. The molecule has 5 heteroatoms. The van der Waals surface area contributed by atoms with Crippen molar-refractivity contribution in [3.63, 3.8) is 0 Å². The van der Waals surface area contributed by atoms with Gasteiger partial charge in [0.05, 0.1) is 13.2 Å². The van der Waals surface area contributed by atoms with E-state index in [0.29, 0.717) is 17.9 Å². The number of anilines is 1. The molecule has 1 atom stereocenters. The number of allylic oxidation sites excluding steroid dienone is 1. The minimum atomic E-state index is -0.281. The van der Waals surface area contributed by atoms with Crippen LogP contribution in [0.5, 0.6) is 11.5 Å². The number of rotatable bonds is 4. The van der Waals surface area contributed by atoms with Gasteiger partial charge in [-0.15, -0.1) is 0 Å². The van der Waals surface area contributed by atoms with Gasteiger partial charge in [-0.3, -0.25) is 4.79 Å². The summed E-state index contributed by atoms with van der Waals surface area (Å²) < 4.78 is 11.0. The molecule has 1 aliphatic heterocycles. The van der Waals surface area contributed by atoms with Crippen molar-refractivity contribution in [1.29, 1.82) is 5.26 Å². The van der Waals surface area contributed by atoms with Crippen LogP contribution >= 0.6 is 0 Å². The van der Waals surface area contributed by atoms with Crippen LogP contribution in [0.3, 0.4) is 0 Å². The number of benzene rings is 3. The number of hydrogen-bond acceptors (Lipinski definition) is 5. The molecule has 1 aliphatic carbocycles. The minimum absolute atomic E-state index is 0.0549. The van der Waals surface area contributed by atoms with E-state index in [1.54, 1.807) is 13.2 Å². The SMILES string of the molecule is COc1cc(C2Nc3ccc4ccccc4c3C3=C2C(=O)CC(C)(C)C3)ccc1OCC#N. The highest BCUT2D eigenvalue weighted by Crippen LogP contribution is 2.52. The van der Waals surface area contributed by atoms with Crippen LogP contribution in [0.25, 0.3) is 16.3 Å². The molecule has 3 aromatic rings. The summed E-state index contributed by atoms with van der Waals surface area (Å²) in [7, 11) is 1.58. The fourth-order valence-corrected chi connectivity index (χ4v) is 5.18. The molecule has 0 fully saturated rings. The van der Waals surface area contributed by atoms with Crippen molar-refractivity contribution in [2.75, 3.05) is 19.0 Å². The molecule has 33 heavy (non-hydrogen) atoms. The smallest absolute Gasteiger partial charge is 0.174 e. The molecule has 0 saturated heterocycles. The van der Waals surface area contributed by atoms with Gasteiger partial charge >= 0.3 is 0 Å². The van der Waals surface area contributed by atoms with Gasteiger partial charge in [0.15, 0.2) is 23.9 Å². The Balaban J connectivity index is 1.70. The first-order chi connectivity index (χ1) is 15.9. The lowest BCUT2D eigenvalue weighted by Gasteiger charge is -2.40. The molecule has 1 unspecified atom stereocenters. The quantitative estimate of drug-likeness (QED) is 0.536.